The molecule has 3 rings (SSSR count). The van der Waals surface area contributed by atoms with Gasteiger partial charge in [-0.3, -0.25) is 4.99 Å². The Balaban J connectivity index is 1.35. The van der Waals surface area contributed by atoms with Gasteiger partial charge in [0.15, 0.2) is 5.96 Å². The lowest BCUT2D eigenvalue weighted by atomic mass is 10.1. The van der Waals surface area contributed by atoms with Crippen molar-refractivity contribution in [1.82, 2.24) is 10.2 Å². The Bertz CT molecular complexity index is 568. The zero-order valence-electron chi connectivity index (χ0n) is 17.1. The highest BCUT2D eigenvalue weighted by atomic mass is 16.5. The molecule has 1 atom stereocenters. The summed E-state index contributed by atoms with van der Waals surface area (Å²) in [6.45, 7) is 8.52. The van der Waals surface area contributed by atoms with Crippen molar-refractivity contribution in [2.75, 3.05) is 46.0 Å². The zero-order valence-corrected chi connectivity index (χ0v) is 17.1. The number of nitrogens with one attached hydrogen (secondary N) is 1. The number of guanidine groups is 1. The van der Waals surface area contributed by atoms with E-state index in [1.165, 1.54) is 12.0 Å². The quantitative estimate of drug-likeness (QED) is 0.400. The second kappa shape index (κ2) is 12.0. The fraction of sp³-hybridized carbons (Fsp3) is 0.682. The Labute approximate surface area is 169 Å². The molecule has 156 valence electrons. The molecular formula is C22H35N3O3. The Hall–Kier alpha value is -1.63. The van der Waals surface area contributed by atoms with Gasteiger partial charge in [-0.15, -0.1) is 0 Å². The van der Waals surface area contributed by atoms with Crippen LogP contribution in [0.25, 0.3) is 0 Å². The molecule has 1 N–H and O–H groups in total. The maximum Gasteiger partial charge on any atom is 0.193 e. The number of piperidine rings is 1. The van der Waals surface area contributed by atoms with Gasteiger partial charge in [0, 0.05) is 26.2 Å². The Kier molecular flexibility index (Phi) is 9.07. The summed E-state index contributed by atoms with van der Waals surface area (Å²) in [5.41, 5.74) is 1.20. The standard InChI is InChI=1S/C22H35N3O3/c1-2-23-22(24-12-16-26-17-19-7-4-3-5-8-19)25-13-10-20(11-14-25)28-18-21-9-6-15-27-21/h3-5,7-8,20-21H,2,6,9-18H2,1H3,(H,23,24). The van der Waals surface area contributed by atoms with Gasteiger partial charge in [-0.2, -0.15) is 0 Å². The topological polar surface area (TPSA) is 55.3 Å². The van der Waals surface area contributed by atoms with Crippen molar-refractivity contribution < 1.29 is 14.2 Å². The SMILES string of the molecule is CCNC(=NCCOCc1ccccc1)N1CCC(OCC2CCCO2)CC1. The van der Waals surface area contributed by atoms with E-state index in [2.05, 4.69) is 29.3 Å². The Morgan fingerprint density at radius 2 is 2.04 bits per heavy atom. The minimum Gasteiger partial charge on any atom is -0.376 e. The van der Waals surface area contributed by atoms with Crippen LogP contribution in [0.1, 0.15) is 38.2 Å². The fourth-order valence-corrected chi connectivity index (χ4v) is 3.66. The molecule has 0 aliphatic carbocycles. The highest BCUT2D eigenvalue weighted by Crippen LogP contribution is 2.17. The zero-order chi connectivity index (χ0) is 19.4. The van der Waals surface area contributed by atoms with E-state index in [0.29, 0.717) is 32.0 Å². The number of benzene rings is 1. The average molecular weight is 390 g/mol. The van der Waals surface area contributed by atoms with Crippen LogP contribution in [-0.4, -0.2) is 69.1 Å². The third kappa shape index (κ3) is 7.08. The van der Waals surface area contributed by atoms with Gasteiger partial charge in [0.2, 0.25) is 0 Å². The van der Waals surface area contributed by atoms with Gasteiger partial charge in [0.25, 0.3) is 0 Å². The Morgan fingerprint density at radius 1 is 1.21 bits per heavy atom. The van der Waals surface area contributed by atoms with E-state index in [9.17, 15) is 0 Å². The van der Waals surface area contributed by atoms with Crippen LogP contribution in [0, 0.1) is 0 Å². The molecule has 0 saturated carbocycles. The molecule has 0 amide bonds. The molecule has 6 nitrogen and oxygen atoms in total. The van der Waals surface area contributed by atoms with Crippen LogP contribution in [-0.2, 0) is 20.8 Å². The summed E-state index contributed by atoms with van der Waals surface area (Å²) >= 11 is 0. The molecule has 1 unspecified atom stereocenters. The molecule has 2 fully saturated rings. The summed E-state index contributed by atoms with van der Waals surface area (Å²) in [6, 6.07) is 10.3. The van der Waals surface area contributed by atoms with Crippen LogP contribution < -0.4 is 5.32 Å². The summed E-state index contributed by atoms with van der Waals surface area (Å²) in [4.78, 5) is 7.09. The van der Waals surface area contributed by atoms with Crippen LogP contribution in [0.4, 0.5) is 0 Å². The second-order valence-corrected chi connectivity index (χ2v) is 7.43. The predicted molar refractivity (Wildman–Crippen MR) is 112 cm³/mol. The Morgan fingerprint density at radius 3 is 2.75 bits per heavy atom. The van der Waals surface area contributed by atoms with Gasteiger partial charge in [0.1, 0.15) is 0 Å². The van der Waals surface area contributed by atoms with Crippen LogP contribution in [0.5, 0.6) is 0 Å². The normalized spacial score (nSPS) is 21.2. The van der Waals surface area contributed by atoms with Gasteiger partial charge in [0.05, 0.1) is 38.6 Å². The average Bonchev–Trinajstić information content (AvgIpc) is 3.26. The molecule has 0 radical (unpaired) electrons. The number of hydrogen-bond donors (Lipinski definition) is 1. The first kappa shape index (κ1) is 21.1. The van der Waals surface area contributed by atoms with Crippen molar-refractivity contribution in [2.24, 2.45) is 4.99 Å². The van der Waals surface area contributed by atoms with Crippen LogP contribution in [0.3, 0.4) is 0 Å². The molecular weight excluding hydrogens is 354 g/mol. The number of aliphatic imine (C=N–C) groups is 1. The smallest absolute Gasteiger partial charge is 0.193 e. The van der Waals surface area contributed by atoms with Crippen molar-refractivity contribution in [3.05, 3.63) is 35.9 Å². The minimum absolute atomic E-state index is 0.313. The highest BCUT2D eigenvalue weighted by Gasteiger charge is 2.24. The summed E-state index contributed by atoms with van der Waals surface area (Å²) in [5.74, 6) is 0.989. The number of likely N-dealkylation sites (tertiary alicyclic amines) is 1. The van der Waals surface area contributed by atoms with E-state index in [0.717, 1.165) is 58.1 Å². The van der Waals surface area contributed by atoms with Crippen molar-refractivity contribution in [2.45, 2.75) is 51.4 Å². The van der Waals surface area contributed by atoms with Crippen LogP contribution in [0.2, 0.25) is 0 Å². The van der Waals surface area contributed by atoms with E-state index in [-0.39, 0.29) is 0 Å². The molecule has 2 heterocycles. The molecule has 1 aromatic carbocycles. The first-order valence-corrected chi connectivity index (χ1v) is 10.7. The van der Waals surface area contributed by atoms with Gasteiger partial charge in [-0.25, -0.2) is 0 Å². The summed E-state index contributed by atoms with van der Waals surface area (Å²) in [6.07, 6.45) is 5.06. The first-order valence-electron chi connectivity index (χ1n) is 10.7. The van der Waals surface area contributed by atoms with Crippen molar-refractivity contribution >= 4 is 5.96 Å². The summed E-state index contributed by atoms with van der Waals surface area (Å²) in [5, 5.41) is 3.41. The van der Waals surface area contributed by atoms with Crippen molar-refractivity contribution in [3.8, 4) is 0 Å². The van der Waals surface area contributed by atoms with Crippen molar-refractivity contribution in [3.63, 3.8) is 0 Å². The van der Waals surface area contributed by atoms with Gasteiger partial charge in [-0.05, 0) is 38.2 Å². The molecule has 6 heteroatoms. The van der Waals surface area contributed by atoms with E-state index in [1.54, 1.807) is 0 Å². The molecule has 0 spiro atoms. The third-order valence-electron chi connectivity index (χ3n) is 5.23. The first-order chi connectivity index (χ1) is 13.8. The number of ether oxygens (including phenoxy) is 3. The highest BCUT2D eigenvalue weighted by molar-refractivity contribution is 5.80. The van der Waals surface area contributed by atoms with E-state index >= 15 is 0 Å². The number of hydrogen-bond acceptors (Lipinski definition) is 4. The molecule has 1 aromatic rings. The molecule has 0 aromatic heterocycles. The van der Waals surface area contributed by atoms with E-state index in [1.807, 2.05) is 18.2 Å². The van der Waals surface area contributed by atoms with E-state index in [4.69, 9.17) is 19.2 Å². The lowest BCUT2D eigenvalue weighted by Crippen LogP contribution is -2.47. The summed E-state index contributed by atoms with van der Waals surface area (Å²) in [7, 11) is 0. The minimum atomic E-state index is 0.313. The number of rotatable bonds is 9. The fourth-order valence-electron chi connectivity index (χ4n) is 3.66. The largest absolute Gasteiger partial charge is 0.376 e. The lowest BCUT2D eigenvalue weighted by molar-refractivity contribution is -0.0367. The van der Waals surface area contributed by atoms with Gasteiger partial charge < -0.3 is 24.4 Å². The van der Waals surface area contributed by atoms with Crippen molar-refractivity contribution in [1.29, 1.82) is 0 Å². The third-order valence-corrected chi connectivity index (χ3v) is 5.23. The molecule has 2 aliphatic rings. The van der Waals surface area contributed by atoms with Crippen LogP contribution >= 0.6 is 0 Å². The van der Waals surface area contributed by atoms with E-state index < -0.39 is 0 Å². The molecule has 0 bridgehead atoms. The molecule has 2 aliphatic heterocycles. The molecule has 2 saturated heterocycles. The lowest BCUT2D eigenvalue weighted by Gasteiger charge is -2.34. The number of nitrogens with zero attached hydrogens (tertiary/aromatic N) is 2. The second-order valence-electron chi connectivity index (χ2n) is 7.43. The van der Waals surface area contributed by atoms with Gasteiger partial charge >= 0.3 is 0 Å². The molecule has 28 heavy (non-hydrogen) atoms. The van der Waals surface area contributed by atoms with Crippen LogP contribution in [0.15, 0.2) is 35.3 Å². The predicted octanol–water partition coefficient (Wildman–Crippen LogP) is 2.83. The maximum atomic E-state index is 6.08. The summed E-state index contributed by atoms with van der Waals surface area (Å²) < 4.78 is 17.5. The van der Waals surface area contributed by atoms with Gasteiger partial charge in [-0.1, -0.05) is 30.3 Å². The monoisotopic (exact) mass is 389 g/mol. The maximum absolute atomic E-state index is 6.08.